The van der Waals surface area contributed by atoms with Gasteiger partial charge in [-0.1, -0.05) is 251 Å². The molecule has 0 saturated carbocycles. The van der Waals surface area contributed by atoms with E-state index >= 15 is 0 Å². The molecule has 8 nitrogen and oxygen atoms in total. The highest BCUT2D eigenvalue weighted by Crippen LogP contribution is 2.43. The van der Waals surface area contributed by atoms with Crippen molar-refractivity contribution in [2.45, 2.75) is 276 Å². The molecule has 0 rings (SSSR count). The molecule has 3 atom stereocenters. The first-order valence-corrected chi connectivity index (χ1v) is 28.1. The van der Waals surface area contributed by atoms with Crippen LogP contribution in [-0.2, 0) is 18.4 Å². The Balaban J connectivity index is 4.23. The third-order valence-electron chi connectivity index (χ3n) is 12.3. The average molecular weight is 886 g/mol. The Labute approximate surface area is 380 Å². The van der Waals surface area contributed by atoms with Crippen molar-refractivity contribution in [2.24, 2.45) is 0 Å². The van der Waals surface area contributed by atoms with Gasteiger partial charge in [-0.25, -0.2) is 4.57 Å². The molecule has 0 aromatic carbocycles. The largest absolute Gasteiger partial charge is 0.472 e. The molecular formula is C52H106N2O6P+. The predicted octanol–water partition coefficient (Wildman–Crippen LogP) is 15.5. The molecule has 9 heteroatoms. The van der Waals surface area contributed by atoms with E-state index in [-0.39, 0.29) is 19.1 Å². The Morgan fingerprint density at radius 2 is 0.869 bits per heavy atom. The van der Waals surface area contributed by atoms with E-state index in [2.05, 4.69) is 19.2 Å². The first kappa shape index (κ1) is 60.2. The van der Waals surface area contributed by atoms with Crippen molar-refractivity contribution < 1.29 is 32.9 Å². The second-order valence-electron chi connectivity index (χ2n) is 19.6. The monoisotopic (exact) mass is 886 g/mol. The first-order chi connectivity index (χ1) is 29.5. The van der Waals surface area contributed by atoms with Gasteiger partial charge in [-0.05, 0) is 19.3 Å². The zero-order valence-corrected chi connectivity index (χ0v) is 42.3. The van der Waals surface area contributed by atoms with Crippen LogP contribution in [0.5, 0.6) is 0 Å². The number of aliphatic hydroxyl groups is 1. The molecule has 0 bridgehead atoms. The molecule has 61 heavy (non-hydrogen) atoms. The highest BCUT2D eigenvalue weighted by Gasteiger charge is 2.27. The van der Waals surface area contributed by atoms with Gasteiger partial charge in [-0.3, -0.25) is 13.8 Å². The van der Waals surface area contributed by atoms with Crippen molar-refractivity contribution in [3.63, 3.8) is 0 Å². The smallest absolute Gasteiger partial charge is 0.387 e. The SMILES string of the molecule is CCCCCCCCCCCCCCCCC/C=C/[C@@H](O)[C@H](COP(=O)(O)OCC[N+](C)(C)C)NC(=O)CCCCCCCCCCCCCCCCCCCCCCCC. The van der Waals surface area contributed by atoms with Gasteiger partial charge in [0.25, 0.3) is 0 Å². The molecule has 0 aromatic heterocycles. The van der Waals surface area contributed by atoms with Crippen LogP contribution < -0.4 is 5.32 Å². The molecule has 1 unspecified atom stereocenters. The van der Waals surface area contributed by atoms with Crippen LogP contribution in [-0.4, -0.2) is 73.4 Å². The summed E-state index contributed by atoms with van der Waals surface area (Å²) in [5.74, 6) is -0.171. The average Bonchev–Trinajstić information content (AvgIpc) is 3.21. The number of unbranched alkanes of at least 4 members (excludes halogenated alkanes) is 36. The number of carbonyl (C=O) groups excluding carboxylic acids is 1. The summed E-state index contributed by atoms with van der Waals surface area (Å²) in [5, 5.41) is 13.9. The number of phosphoric acid groups is 1. The maximum Gasteiger partial charge on any atom is 0.472 e. The van der Waals surface area contributed by atoms with Gasteiger partial charge in [-0.15, -0.1) is 0 Å². The second-order valence-corrected chi connectivity index (χ2v) is 21.1. The van der Waals surface area contributed by atoms with Crippen LogP contribution >= 0.6 is 7.82 Å². The van der Waals surface area contributed by atoms with E-state index in [1.807, 2.05) is 27.2 Å². The second kappa shape index (κ2) is 44.4. The van der Waals surface area contributed by atoms with Crippen LogP contribution in [0, 0.1) is 0 Å². The van der Waals surface area contributed by atoms with E-state index in [1.165, 1.54) is 212 Å². The molecule has 0 radical (unpaired) electrons. The van der Waals surface area contributed by atoms with E-state index in [9.17, 15) is 19.4 Å². The van der Waals surface area contributed by atoms with Crippen LogP contribution in [0.15, 0.2) is 12.2 Å². The lowest BCUT2D eigenvalue weighted by atomic mass is 10.0. The lowest BCUT2D eigenvalue weighted by Gasteiger charge is -2.25. The minimum Gasteiger partial charge on any atom is -0.387 e. The highest BCUT2D eigenvalue weighted by molar-refractivity contribution is 7.47. The van der Waals surface area contributed by atoms with Crippen molar-refractivity contribution in [3.8, 4) is 0 Å². The fraction of sp³-hybridized carbons (Fsp3) is 0.942. The number of phosphoric ester groups is 1. The number of likely N-dealkylation sites (N-methyl/N-ethyl adjacent to an activating group) is 1. The summed E-state index contributed by atoms with van der Waals surface area (Å²) in [6.07, 6.45) is 52.9. The van der Waals surface area contributed by atoms with Gasteiger partial charge in [0.1, 0.15) is 13.2 Å². The molecule has 1 amide bonds. The molecule has 0 aromatic rings. The minimum absolute atomic E-state index is 0.0650. The van der Waals surface area contributed by atoms with E-state index in [1.54, 1.807) is 6.08 Å². The standard InChI is InChI=1S/C52H105N2O6P/c1-6-8-10-12-14-16-18-20-22-24-25-26-27-28-30-32-34-36-38-40-42-44-46-52(56)53-50(49-60-61(57,58)59-48-47-54(3,4)5)51(55)45-43-41-39-37-35-33-31-29-23-21-19-17-15-13-11-9-7-2/h43,45,50-51,55H,6-42,44,46-49H2,1-5H3,(H-,53,56,57,58)/p+1/b45-43+/t50-,51+/m0/s1. The van der Waals surface area contributed by atoms with E-state index < -0.39 is 20.0 Å². The number of nitrogens with zero attached hydrogens (tertiary/aromatic N) is 1. The zero-order chi connectivity index (χ0) is 45.0. The maximum absolute atomic E-state index is 12.9. The summed E-state index contributed by atoms with van der Waals surface area (Å²) < 4.78 is 23.7. The van der Waals surface area contributed by atoms with Crippen LogP contribution in [0.4, 0.5) is 0 Å². The van der Waals surface area contributed by atoms with E-state index in [4.69, 9.17) is 9.05 Å². The number of nitrogens with one attached hydrogen (secondary N) is 1. The maximum atomic E-state index is 12.9. The summed E-state index contributed by atoms with van der Waals surface area (Å²) in [7, 11) is 1.59. The van der Waals surface area contributed by atoms with Crippen molar-refractivity contribution in [1.82, 2.24) is 5.32 Å². The Morgan fingerprint density at radius 1 is 0.541 bits per heavy atom. The zero-order valence-electron chi connectivity index (χ0n) is 41.4. The Hall–Kier alpha value is -0.760. The number of aliphatic hydroxyl groups excluding tert-OH is 1. The van der Waals surface area contributed by atoms with Gasteiger partial charge in [-0.2, -0.15) is 0 Å². The van der Waals surface area contributed by atoms with E-state index in [0.717, 1.165) is 32.1 Å². The van der Waals surface area contributed by atoms with Crippen LogP contribution in [0.1, 0.15) is 264 Å². The molecular weight excluding hydrogens is 780 g/mol. The van der Waals surface area contributed by atoms with Crippen molar-refractivity contribution in [1.29, 1.82) is 0 Å². The quantitative estimate of drug-likeness (QED) is 0.0243. The number of hydrogen-bond acceptors (Lipinski definition) is 5. The number of rotatable bonds is 49. The number of hydrogen-bond donors (Lipinski definition) is 3. The van der Waals surface area contributed by atoms with Gasteiger partial charge in [0.05, 0.1) is 39.9 Å². The number of quaternary nitrogens is 1. The summed E-state index contributed by atoms with van der Waals surface area (Å²) in [6, 6.07) is -0.841. The third-order valence-corrected chi connectivity index (χ3v) is 13.2. The molecule has 364 valence electrons. The normalized spacial score (nSPS) is 14.1. The topological polar surface area (TPSA) is 105 Å². The first-order valence-electron chi connectivity index (χ1n) is 26.6. The number of carbonyl (C=O) groups is 1. The highest BCUT2D eigenvalue weighted by atomic mass is 31.2. The van der Waals surface area contributed by atoms with Crippen LogP contribution in [0.2, 0.25) is 0 Å². The number of amides is 1. The molecule has 0 heterocycles. The molecule has 0 aliphatic rings. The van der Waals surface area contributed by atoms with Gasteiger partial charge < -0.3 is 19.8 Å². The fourth-order valence-electron chi connectivity index (χ4n) is 8.04. The Kier molecular flexibility index (Phi) is 43.9. The van der Waals surface area contributed by atoms with Gasteiger partial charge >= 0.3 is 7.82 Å². The molecule has 0 saturated heterocycles. The lowest BCUT2D eigenvalue weighted by Crippen LogP contribution is -2.45. The van der Waals surface area contributed by atoms with Crippen LogP contribution in [0.25, 0.3) is 0 Å². The van der Waals surface area contributed by atoms with Gasteiger partial charge in [0.15, 0.2) is 0 Å². The molecule has 0 aliphatic carbocycles. The summed E-state index contributed by atoms with van der Waals surface area (Å²) in [4.78, 5) is 23.2. The van der Waals surface area contributed by atoms with Crippen molar-refractivity contribution in [3.05, 3.63) is 12.2 Å². The van der Waals surface area contributed by atoms with E-state index in [0.29, 0.717) is 17.4 Å². The summed E-state index contributed by atoms with van der Waals surface area (Å²) >= 11 is 0. The summed E-state index contributed by atoms with van der Waals surface area (Å²) in [5.41, 5.74) is 0. The third kappa shape index (κ3) is 47.0. The lowest BCUT2D eigenvalue weighted by molar-refractivity contribution is -0.870. The fourth-order valence-corrected chi connectivity index (χ4v) is 8.78. The van der Waals surface area contributed by atoms with Crippen molar-refractivity contribution >= 4 is 13.7 Å². The van der Waals surface area contributed by atoms with Gasteiger partial charge in [0.2, 0.25) is 5.91 Å². The summed E-state index contributed by atoms with van der Waals surface area (Å²) in [6.45, 7) is 4.86. The molecule has 0 aliphatic heterocycles. The van der Waals surface area contributed by atoms with Crippen LogP contribution in [0.3, 0.4) is 0 Å². The minimum atomic E-state index is -4.34. The Morgan fingerprint density at radius 3 is 1.21 bits per heavy atom. The number of allylic oxidation sites excluding steroid dienone is 1. The molecule has 0 fully saturated rings. The van der Waals surface area contributed by atoms with Gasteiger partial charge in [0, 0.05) is 6.42 Å². The predicted molar refractivity (Wildman–Crippen MR) is 263 cm³/mol. The molecule has 3 N–H and O–H groups in total. The Bertz CT molecular complexity index is 1000. The van der Waals surface area contributed by atoms with Crippen molar-refractivity contribution in [2.75, 3.05) is 40.9 Å². The molecule has 0 spiro atoms.